The van der Waals surface area contributed by atoms with E-state index in [0.717, 1.165) is 18.5 Å². The third kappa shape index (κ3) is 1.93. The summed E-state index contributed by atoms with van der Waals surface area (Å²) in [5, 5.41) is 0. The van der Waals surface area contributed by atoms with Crippen LogP contribution in [0.5, 0.6) is 5.75 Å². The number of imidazole rings is 1. The Labute approximate surface area is 111 Å². The first-order chi connectivity index (χ1) is 9.08. The molecule has 3 rings (SSSR count). The van der Waals surface area contributed by atoms with E-state index in [1.807, 2.05) is 4.57 Å². The molecule has 2 aromatic rings. The number of nitrogens with zero attached hydrogens (tertiary/aromatic N) is 2. The molecule has 102 valence electrons. The number of benzene rings is 1. The van der Waals surface area contributed by atoms with Crippen molar-refractivity contribution < 1.29 is 9.13 Å². The summed E-state index contributed by atoms with van der Waals surface area (Å²) in [5.74, 6) is 0.272. The second-order valence-corrected chi connectivity index (χ2v) is 5.39. The number of nitrogens with two attached hydrogens (primary N) is 1. The molecule has 1 aromatic heterocycles. The molecular weight excluding hydrogens is 245 g/mol. The normalized spacial score (nSPS) is 16.8. The van der Waals surface area contributed by atoms with E-state index in [2.05, 4.69) is 11.9 Å². The molecule has 0 amide bonds. The summed E-state index contributed by atoms with van der Waals surface area (Å²) in [7, 11) is 1.46. The lowest BCUT2D eigenvalue weighted by Gasteiger charge is -2.15. The minimum Gasteiger partial charge on any atom is -0.494 e. The van der Waals surface area contributed by atoms with Gasteiger partial charge in [-0.15, -0.1) is 0 Å². The van der Waals surface area contributed by atoms with Crippen LogP contribution in [0.4, 0.5) is 10.3 Å². The summed E-state index contributed by atoms with van der Waals surface area (Å²) < 4.78 is 20.7. The smallest absolute Gasteiger partial charge is 0.201 e. The SMILES string of the molecule is CCC1(Cn2c(N)nc3cc(F)c(OC)cc32)CC1. The lowest BCUT2D eigenvalue weighted by Crippen LogP contribution is -2.13. The van der Waals surface area contributed by atoms with Crippen molar-refractivity contribution in [1.29, 1.82) is 0 Å². The summed E-state index contributed by atoms with van der Waals surface area (Å²) in [6.07, 6.45) is 3.58. The van der Waals surface area contributed by atoms with E-state index in [4.69, 9.17) is 10.5 Å². The molecule has 1 aliphatic rings. The topological polar surface area (TPSA) is 53.1 Å². The van der Waals surface area contributed by atoms with Crippen LogP contribution in [0.15, 0.2) is 12.1 Å². The zero-order valence-electron chi connectivity index (χ0n) is 11.2. The van der Waals surface area contributed by atoms with Crippen LogP contribution in [0.2, 0.25) is 0 Å². The number of hydrogen-bond donors (Lipinski definition) is 1. The van der Waals surface area contributed by atoms with Crippen LogP contribution in [0.3, 0.4) is 0 Å². The van der Waals surface area contributed by atoms with E-state index in [9.17, 15) is 4.39 Å². The predicted octanol–water partition coefficient (Wildman–Crippen LogP) is 2.96. The van der Waals surface area contributed by atoms with Gasteiger partial charge in [-0.25, -0.2) is 9.37 Å². The molecule has 0 saturated heterocycles. The number of rotatable bonds is 4. The number of halogens is 1. The van der Waals surface area contributed by atoms with E-state index >= 15 is 0 Å². The van der Waals surface area contributed by atoms with Crippen LogP contribution >= 0.6 is 0 Å². The molecule has 19 heavy (non-hydrogen) atoms. The Hall–Kier alpha value is -1.78. The maximum Gasteiger partial charge on any atom is 0.201 e. The maximum atomic E-state index is 13.7. The predicted molar refractivity (Wildman–Crippen MR) is 72.6 cm³/mol. The fourth-order valence-corrected chi connectivity index (χ4v) is 2.60. The largest absolute Gasteiger partial charge is 0.494 e. The van der Waals surface area contributed by atoms with Gasteiger partial charge in [-0.2, -0.15) is 0 Å². The first-order valence-corrected chi connectivity index (χ1v) is 6.58. The molecule has 1 aromatic carbocycles. The Bertz CT molecular complexity index is 631. The summed E-state index contributed by atoms with van der Waals surface area (Å²) in [6, 6.07) is 3.06. The van der Waals surface area contributed by atoms with Crippen molar-refractivity contribution in [2.24, 2.45) is 5.41 Å². The van der Waals surface area contributed by atoms with Gasteiger partial charge in [0.15, 0.2) is 11.6 Å². The van der Waals surface area contributed by atoms with Crippen molar-refractivity contribution in [2.75, 3.05) is 12.8 Å². The molecule has 0 unspecified atom stereocenters. The molecule has 1 saturated carbocycles. The second-order valence-electron chi connectivity index (χ2n) is 5.39. The number of fused-ring (bicyclic) bond motifs is 1. The summed E-state index contributed by atoms with van der Waals surface area (Å²) >= 11 is 0. The molecule has 0 spiro atoms. The summed E-state index contributed by atoms with van der Waals surface area (Å²) in [4.78, 5) is 4.24. The van der Waals surface area contributed by atoms with Gasteiger partial charge >= 0.3 is 0 Å². The standard InChI is InChI=1S/C14H18FN3O/c1-3-14(4-5-14)8-18-11-7-12(19-2)9(15)6-10(11)17-13(18)16/h6-7H,3-5,8H2,1-2H3,(H2,16,17). The molecule has 0 radical (unpaired) electrons. The molecule has 4 nitrogen and oxygen atoms in total. The number of ether oxygens (including phenoxy) is 1. The number of hydrogen-bond acceptors (Lipinski definition) is 3. The number of anilines is 1. The lowest BCUT2D eigenvalue weighted by atomic mass is 10.0. The molecule has 5 heteroatoms. The van der Waals surface area contributed by atoms with Crippen LogP contribution in [0.1, 0.15) is 26.2 Å². The number of aromatic nitrogens is 2. The highest BCUT2D eigenvalue weighted by Gasteiger charge is 2.41. The van der Waals surface area contributed by atoms with E-state index in [1.54, 1.807) is 6.07 Å². The van der Waals surface area contributed by atoms with Crippen LogP contribution in [-0.2, 0) is 6.54 Å². The van der Waals surface area contributed by atoms with Crippen molar-refractivity contribution in [3.05, 3.63) is 17.9 Å². The first kappa shape index (κ1) is 12.3. The van der Waals surface area contributed by atoms with Gasteiger partial charge in [-0.05, 0) is 24.7 Å². The van der Waals surface area contributed by atoms with Gasteiger partial charge in [0.1, 0.15) is 0 Å². The minimum absolute atomic E-state index is 0.231. The maximum absolute atomic E-state index is 13.7. The van der Waals surface area contributed by atoms with Gasteiger partial charge in [0.05, 0.1) is 18.1 Å². The average molecular weight is 263 g/mol. The van der Waals surface area contributed by atoms with Gasteiger partial charge in [-0.1, -0.05) is 6.92 Å². The molecule has 1 fully saturated rings. The van der Waals surface area contributed by atoms with E-state index in [-0.39, 0.29) is 5.75 Å². The van der Waals surface area contributed by atoms with Gasteiger partial charge in [0.25, 0.3) is 0 Å². The Kier molecular flexibility index (Phi) is 2.66. The van der Waals surface area contributed by atoms with Crippen LogP contribution < -0.4 is 10.5 Å². The summed E-state index contributed by atoms with van der Waals surface area (Å²) in [5.41, 5.74) is 7.75. The number of methoxy groups -OCH3 is 1. The van der Waals surface area contributed by atoms with E-state index in [0.29, 0.717) is 16.9 Å². The van der Waals surface area contributed by atoms with Gasteiger partial charge in [0.2, 0.25) is 5.95 Å². The Morgan fingerprint density at radius 3 is 2.79 bits per heavy atom. The second kappa shape index (κ2) is 4.11. The minimum atomic E-state index is -0.406. The fraction of sp³-hybridized carbons (Fsp3) is 0.500. The highest BCUT2D eigenvalue weighted by atomic mass is 19.1. The van der Waals surface area contributed by atoms with Crippen LogP contribution in [0, 0.1) is 11.2 Å². The molecule has 2 N–H and O–H groups in total. The van der Waals surface area contributed by atoms with Crippen LogP contribution in [-0.4, -0.2) is 16.7 Å². The third-order valence-corrected chi connectivity index (χ3v) is 4.25. The summed E-state index contributed by atoms with van der Waals surface area (Å²) in [6.45, 7) is 3.04. The Morgan fingerprint density at radius 2 is 2.21 bits per heavy atom. The number of nitrogen functional groups attached to an aromatic ring is 1. The fourth-order valence-electron chi connectivity index (χ4n) is 2.60. The Balaban J connectivity index is 2.10. The van der Waals surface area contributed by atoms with E-state index < -0.39 is 5.82 Å². The van der Waals surface area contributed by atoms with Crippen molar-refractivity contribution in [3.8, 4) is 5.75 Å². The molecule has 0 bridgehead atoms. The third-order valence-electron chi connectivity index (χ3n) is 4.25. The molecule has 0 aliphatic heterocycles. The average Bonchev–Trinajstić information content (AvgIpc) is 3.11. The zero-order valence-corrected chi connectivity index (χ0v) is 11.2. The molecule has 1 aliphatic carbocycles. The lowest BCUT2D eigenvalue weighted by molar-refractivity contribution is 0.386. The highest BCUT2D eigenvalue weighted by Crippen LogP contribution is 2.50. The van der Waals surface area contributed by atoms with Gasteiger partial charge in [0, 0.05) is 18.7 Å². The van der Waals surface area contributed by atoms with E-state index in [1.165, 1.54) is 26.0 Å². The molecule has 0 atom stereocenters. The molecular formula is C14H18FN3O. The Morgan fingerprint density at radius 1 is 1.47 bits per heavy atom. The van der Waals surface area contributed by atoms with Crippen LogP contribution in [0.25, 0.3) is 11.0 Å². The van der Waals surface area contributed by atoms with Gasteiger partial charge < -0.3 is 15.0 Å². The molecule has 1 heterocycles. The van der Waals surface area contributed by atoms with Crippen molar-refractivity contribution in [2.45, 2.75) is 32.7 Å². The van der Waals surface area contributed by atoms with Gasteiger partial charge in [-0.3, -0.25) is 0 Å². The van der Waals surface area contributed by atoms with Crippen molar-refractivity contribution in [1.82, 2.24) is 9.55 Å². The van der Waals surface area contributed by atoms with Crippen molar-refractivity contribution >= 4 is 17.0 Å². The highest BCUT2D eigenvalue weighted by molar-refractivity contribution is 5.80. The first-order valence-electron chi connectivity index (χ1n) is 6.58. The monoisotopic (exact) mass is 263 g/mol. The quantitative estimate of drug-likeness (QED) is 0.922. The zero-order chi connectivity index (χ0) is 13.6. The van der Waals surface area contributed by atoms with Crippen molar-refractivity contribution in [3.63, 3.8) is 0 Å².